The Morgan fingerprint density at radius 1 is 0.643 bits per heavy atom. The first-order chi connectivity index (χ1) is 13.6. The van der Waals surface area contributed by atoms with Crippen molar-refractivity contribution in [3.05, 3.63) is 0 Å². The molecule has 1 aliphatic heterocycles. The summed E-state index contributed by atoms with van der Waals surface area (Å²) in [5, 5.41) is 5.68. The van der Waals surface area contributed by atoms with Crippen LogP contribution < -0.4 is 10.6 Å². The Balaban J connectivity index is 2.02. The molecule has 0 bridgehead atoms. The zero-order valence-electron chi connectivity index (χ0n) is 18.2. The summed E-state index contributed by atoms with van der Waals surface area (Å²) in [5.41, 5.74) is 0. The first-order valence-corrected chi connectivity index (χ1v) is 11.6. The van der Waals surface area contributed by atoms with Gasteiger partial charge in [0.1, 0.15) is 0 Å². The van der Waals surface area contributed by atoms with Crippen LogP contribution in [0, 0.1) is 0 Å². The third kappa shape index (κ3) is 11.6. The summed E-state index contributed by atoms with van der Waals surface area (Å²) >= 11 is 0. The number of rotatable bonds is 19. The summed E-state index contributed by atoms with van der Waals surface area (Å²) in [4.78, 5) is 33.9. The first kappa shape index (κ1) is 24.9. The smallest absolute Gasteiger partial charge is 0.319 e. The van der Waals surface area contributed by atoms with Crippen molar-refractivity contribution in [2.45, 2.75) is 116 Å². The van der Waals surface area contributed by atoms with Crippen LogP contribution in [0.5, 0.6) is 0 Å². The van der Waals surface area contributed by atoms with E-state index in [1.54, 1.807) is 0 Å². The van der Waals surface area contributed by atoms with Crippen LogP contribution in [-0.4, -0.2) is 30.7 Å². The standard InChI is InChI=1S/C22H42N2O4/c1-3-5-7-9-11-13-15-17-23-20(25)19-22(27-28-22)21(26)24-18-16-14-12-10-8-6-4-2/h3-19H2,1-2H3,(H,23,25)(H,24,26). The maximum atomic E-state index is 12.2. The van der Waals surface area contributed by atoms with Crippen molar-refractivity contribution < 1.29 is 19.4 Å². The molecule has 0 spiro atoms. The van der Waals surface area contributed by atoms with E-state index in [4.69, 9.17) is 9.78 Å². The average Bonchev–Trinajstić information content (AvgIpc) is 3.46. The molecule has 1 fully saturated rings. The Labute approximate surface area is 171 Å². The van der Waals surface area contributed by atoms with Crippen LogP contribution in [0.15, 0.2) is 0 Å². The van der Waals surface area contributed by atoms with Crippen molar-refractivity contribution in [1.82, 2.24) is 10.6 Å². The lowest BCUT2D eigenvalue weighted by molar-refractivity contribution is -0.132. The molecule has 1 heterocycles. The Kier molecular flexibility index (Phi) is 14.0. The third-order valence-corrected chi connectivity index (χ3v) is 5.19. The normalized spacial score (nSPS) is 14.6. The number of amides is 2. The van der Waals surface area contributed by atoms with Crippen LogP contribution in [0.25, 0.3) is 0 Å². The molecule has 6 heteroatoms. The van der Waals surface area contributed by atoms with E-state index >= 15 is 0 Å². The van der Waals surface area contributed by atoms with Gasteiger partial charge in [-0.15, -0.1) is 0 Å². The zero-order chi connectivity index (χ0) is 20.5. The predicted molar refractivity (Wildman–Crippen MR) is 112 cm³/mol. The highest BCUT2D eigenvalue weighted by atomic mass is 17.4. The van der Waals surface area contributed by atoms with Gasteiger partial charge in [0.2, 0.25) is 5.91 Å². The van der Waals surface area contributed by atoms with Gasteiger partial charge in [0.25, 0.3) is 5.91 Å². The molecule has 2 N–H and O–H groups in total. The number of carbonyl (C=O) groups is 2. The van der Waals surface area contributed by atoms with E-state index < -0.39 is 5.79 Å². The quantitative estimate of drug-likeness (QED) is 0.186. The molecule has 0 saturated carbocycles. The molecule has 28 heavy (non-hydrogen) atoms. The molecule has 1 rings (SSSR count). The molecule has 0 atom stereocenters. The van der Waals surface area contributed by atoms with Gasteiger partial charge >= 0.3 is 5.79 Å². The van der Waals surface area contributed by atoms with E-state index in [-0.39, 0.29) is 18.2 Å². The van der Waals surface area contributed by atoms with Gasteiger partial charge in [-0.2, -0.15) is 9.78 Å². The van der Waals surface area contributed by atoms with Crippen molar-refractivity contribution in [2.24, 2.45) is 0 Å². The summed E-state index contributed by atoms with van der Waals surface area (Å²) in [7, 11) is 0. The van der Waals surface area contributed by atoms with Gasteiger partial charge < -0.3 is 10.6 Å². The van der Waals surface area contributed by atoms with Gasteiger partial charge in [-0.1, -0.05) is 90.9 Å². The van der Waals surface area contributed by atoms with Gasteiger partial charge in [-0.25, -0.2) is 0 Å². The van der Waals surface area contributed by atoms with Gasteiger partial charge in [-0.05, 0) is 12.8 Å². The van der Waals surface area contributed by atoms with Crippen LogP contribution in [0.1, 0.15) is 110 Å². The van der Waals surface area contributed by atoms with Gasteiger partial charge in [0.05, 0.1) is 6.42 Å². The van der Waals surface area contributed by atoms with Gasteiger partial charge in [-0.3, -0.25) is 9.59 Å². The van der Waals surface area contributed by atoms with Gasteiger partial charge in [0, 0.05) is 13.1 Å². The summed E-state index contributed by atoms with van der Waals surface area (Å²) in [5.74, 6) is -1.94. The number of hydrogen-bond acceptors (Lipinski definition) is 4. The van der Waals surface area contributed by atoms with Crippen molar-refractivity contribution >= 4 is 11.8 Å². The fraction of sp³-hybridized carbons (Fsp3) is 0.909. The van der Waals surface area contributed by atoms with E-state index in [0.29, 0.717) is 13.1 Å². The summed E-state index contributed by atoms with van der Waals surface area (Å²) < 4.78 is 0. The molecule has 0 aliphatic carbocycles. The molecule has 0 aromatic carbocycles. The molecular weight excluding hydrogens is 356 g/mol. The fourth-order valence-corrected chi connectivity index (χ4v) is 3.27. The Bertz CT molecular complexity index is 425. The monoisotopic (exact) mass is 398 g/mol. The Morgan fingerprint density at radius 3 is 1.54 bits per heavy atom. The molecule has 2 amide bonds. The lowest BCUT2D eigenvalue weighted by atomic mass is 10.1. The van der Waals surface area contributed by atoms with E-state index in [1.807, 2.05) is 0 Å². The molecule has 164 valence electrons. The van der Waals surface area contributed by atoms with Crippen LogP contribution in [0.3, 0.4) is 0 Å². The third-order valence-electron chi connectivity index (χ3n) is 5.19. The topological polar surface area (TPSA) is 83.3 Å². The van der Waals surface area contributed by atoms with Crippen LogP contribution >= 0.6 is 0 Å². The largest absolute Gasteiger partial charge is 0.356 e. The molecule has 0 radical (unpaired) electrons. The zero-order valence-corrected chi connectivity index (χ0v) is 18.2. The van der Waals surface area contributed by atoms with E-state index in [0.717, 1.165) is 25.7 Å². The van der Waals surface area contributed by atoms with Crippen LogP contribution in [0.4, 0.5) is 0 Å². The minimum atomic E-state index is -1.40. The predicted octanol–water partition coefficient (Wildman–Crippen LogP) is 4.77. The molecule has 6 nitrogen and oxygen atoms in total. The molecule has 1 aliphatic rings. The second-order valence-electron chi connectivity index (χ2n) is 7.94. The summed E-state index contributed by atoms with van der Waals surface area (Å²) in [6.07, 6.45) is 16.7. The highest BCUT2D eigenvalue weighted by molar-refractivity contribution is 5.90. The number of nitrogens with one attached hydrogen (secondary N) is 2. The summed E-state index contributed by atoms with van der Waals surface area (Å²) in [6, 6.07) is 0. The van der Waals surface area contributed by atoms with Crippen molar-refractivity contribution in [1.29, 1.82) is 0 Å². The van der Waals surface area contributed by atoms with Crippen LogP contribution in [-0.2, 0) is 19.4 Å². The fourth-order valence-electron chi connectivity index (χ4n) is 3.27. The number of unbranched alkanes of at least 4 members (excludes halogenated alkanes) is 12. The van der Waals surface area contributed by atoms with E-state index in [2.05, 4.69) is 24.5 Å². The molecule has 0 aromatic rings. The SMILES string of the molecule is CCCCCCCCCNC(=O)CC1(C(=O)NCCCCCCCCC)OO1. The van der Waals surface area contributed by atoms with Crippen molar-refractivity contribution in [3.63, 3.8) is 0 Å². The van der Waals surface area contributed by atoms with Gasteiger partial charge in [0.15, 0.2) is 0 Å². The lowest BCUT2D eigenvalue weighted by Gasteiger charge is -2.10. The maximum absolute atomic E-state index is 12.2. The Hall–Kier alpha value is -1.14. The Morgan fingerprint density at radius 2 is 1.07 bits per heavy atom. The first-order valence-electron chi connectivity index (χ1n) is 11.6. The second-order valence-corrected chi connectivity index (χ2v) is 7.94. The second kappa shape index (κ2) is 15.7. The number of carbonyl (C=O) groups excluding carboxylic acids is 2. The lowest BCUT2D eigenvalue weighted by Crippen LogP contribution is -2.41. The van der Waals surface area contributed by atoms with Crippen molar-refractivity contribution in [3.8, 4) is 0 Å². The molecule has 0 unspecified atom stereocenters. The van der Waals surface area contributed by atoms with Crippen LogP contribution in [0.2, 0.25) is 0 Å². The average molecular weight is 399 g/mol. The summed E-state index contributed by atoms with van der Waals surface area (Å²) in [6.45, 7) is 5.66. The highest BCUT2D eigenvalue weighted by Gasteiger charge is 2.58. The minimum absolute atomic E-state index is 0.0770. The molecular formula is C22H42N2O4. The maximum Gasteiger partial charge on any atom is 0.319 e. The highest BCUT2D eigenvalue weighted by Crippen LogP contribution is 2.33. The van der Waals surface area contributed by atoms with E-state index in [1.165, 1.54) is 64.2 Å². The molecule has 1 saturated heterocycles. The van der Waals surface area contributed by atoms with Crippen molar-refractivity contribution in [2.75, 3.05) is 13.1 Å². The number of hydrogen-bond donors (Lipinski definition) is 2. The minimum Gasteiger partial charge on any atom is -0.356 e. The van der Waals surface area contributed by atoms with E-state index in [9.17, 15) is 9.59 Å². The molecule has 0 aromatic heterocycles.